The van der Waals surface area contributed by atoms with Crippen molar-refractivity contribution in [3.8, 4) is 0 Å². The van der Waals surface area contributed by atoms with Gasteiger partial charge in [-0.1, -0.05) is 18.2 Å². The minimum Gasteiger partial charge on any atom is -0.313 e. The van der Waals surface area contributed by atoms with Gasteiger partial charge in [-0.3, -0.25) is 24.5 Å². The van der Waals surface area contributed by atoms with Crippen molar-refractivity contribution in [1.82, 2.24) is 14.9 Å². The highest BCUT2D eigenvalue weighted by Crippen LogP contribution is 2.38. The summed E-state index contributed by atoms with van der Waals surface area (Å²) in [7, 11) is 1.77. The van der Waals surface area contributed by atoms with Crippen LogP contribution < -0.4 is 9.80 Å². The molecule has 2 aromatic heterocycles. The van der Waals surface area contributed by atoms with Crippen LogP contribution in [-0.4, -0.2) is 53.4 Å². The summed E-state index contributed by atoms with van der Waals surface area (Å²) in [6.45, 7) is 10.5. The Labute approximate surface area is 220 Å². The minimum atomic E-state index is -1.10. The molecule has 3 heterocycles. The molecule has 0 aliphatic carbocycles. The molecule has 1 aromatic carbocycles. The zero-order chi connectivity index (χ0) is 26.6. The van der Waals surface area contributed by atoms with Crippen molar-refractivity contribution in [2.75, 3.05) is 36.5 Å². The molecule has 0 spiro atoms. The van der Waals surface area contributed by atoms with Crippen LogP contribution in [0.5, 0.6) is 0 Å². The van der Waals surface area contributed by atoms with Crippen LogP contribution in [0.15, 0.2) is 61.1 Å². The zero-order valence-electron chi connectivity index (χ0n) is 22.6. The fourth-order valence-electron chi connectivity index (χ4n) is 4.89. The van der Waals surface area contributed by atoms with Gasteiger partial charge >= 0.3 is 0 Å². The maximum Gasteiger partial charge on any atom is 0.242 e. The summed E-state index contributed by atoms with van der Waals surface area (Å²) in [5.41, 5.74) is 5.08. The molecule has 7 heteroatoms. The van der Waals surface area contributed by atoms with Crippen molar-refractivity contribution in [1.29, 1.82) is 0 Å². The van der Waals surface area contributed by atoms with Crippen LogP contribution in [0.25, 0.3) is 0 Å². The topological polar surface area (TPSA) is 69.6 Å². The summed E-state index contributed by atoms with van der Waals surface area (Å²) in [6, 6.07) is 14.3. The lowest BCUT2D eigenvalue weighted by Crippen LogP contribution is -2.47. The van der Waals surface area contributed by atoms with Crippen LogP contribution in [-0.2, 0) is 29.0 Å². The Morgan fingerprint density at radius 1 is 0.919 bits per heavy atom. The lowest BCUT2D eigenvalue weighted by Gasteiger charge is -2.27. The number of anilines is 2. The summed E-state index contributed by atoms with van der Waals surface area (Å²) in [5.74, 6) is -0.346. The van der Waals surface area contributed by atoms with E-state index in [-0.39, 0.29) is 11.8 Å². The third-order valence-electron chi connectivity index (χ3n) is 7.27. The second kappa shape index (κ2) is 11.2. The molecule has 0 fully saturated rings. The van der Waals surface area contributed by atoms with Gasteiger partial charge in [0.1, 0.15) is 5.41 Å². The first-order chi connectivity index (χ1) is 17.7. The first kappa shape index (κ1) is 26.5. The quantitative estimate of drug-likeness (QED) is 0.408. The highest BCUT2D eigenvalue weighted by molar-refractivity contribution is 6.19. The average Bonchev–Trinajstić information content (AvgIpc) is 2.96. The Hall–Kier alpha value is -3.58. The zero-order valence-corrected chi connectivity index (χ0v) is 22.6. The summed E-state index contributed by atoms with van der Waals surface area (Å²) in [6.07, 6.45) is 7.30. The summed E-state index contributed by atoms with van der Waals surface area (Å²) in [5, 5.41) is 0. The normalized spacial score (nSPS) is 15.2. The fraction of sp³-hybridized carbons (Fsp3) is 0.400. The molecule has 1 aliphatic rings. The van der Waals surface area contributed by atoms with E-state index in [1.54, 1.807) is 36.9 Å². The molecule has 0 radical (unpaired) electrons. The lowest BCUT2D eigenvalue weighted by atomic mass is 9.90. The van der Waals surface area contributed by atoms with Crippen LogP contribution in [0.2, 0.25) is 0 Å². The van der Waals surface area contributed by atoms with Crippen molar-refractivity contribution < 1.29 is 9.59 Å². The minimum absolute atomic E-state index is 0.161. The number of amides is 2. The number of aromatic nitrogens is 2. The number of hydrogen-bond donors (Lipinski definition) is 0. The lowest BCUT2D eigenvalue weighted by molar-refractivity contribution is -0.137. The largest absolute Gasteiger partial charge is 0.313 e. The maximum absolute atomic E-state index is 13.2. The standard InChI is InChI=1S/C30H37N5O2/c1-6-35-26-12-11-23(19-27(26)33(5)28(36)30(3,4)29(35)37)13-17-34(18-14-24-10-8-15-31-20-24)21-25-22(2)9-7-16-32-25/h7-12,15-16,19-20H,6,13-14,17-18,21H2,1-5H3. The summed E-state index contributed by atoms with van der Waals surface area (Å²) >= 11 is 0. The van der Waals surface area contributed by atoms with Gasteiger partial charge in [-0.15, -0.1) is 0 Å². The van der Waals surface area contributed by atoms with Crippen LogP contribution in [0.3, 0.4) is 0 Å². The first-order valence-electron chi connectivity index (χ1n) is 13.0. The van der Waals surface area contributed by atoms with Crippen molar-refractivity contribution in [2.24, 2.45) is 5.41 Å². The van der Waals surface area contributed by atoms with Gasteiger partial charge in [-0.2, -0.15) is 0 Å². The van der Waals surface area contributed by atoms with E-state index in [2.05, 4.69) is 46.1 Å². The molecule has 0 saturated carbocycles. The van der Waals surface area contributed by atoms with E-state index in [4.69, 9.17) is 0 Å². The highest BCUT2D eigenvalue weighted by Gasteiger charge is 2.45. The molecule has 0 unspecified atom stereocenters. The summed E-state index contributed by atoms with van der Waals surface area (Å²) < 4.78 is 0. The molecule has 1 aliphatic heterocycles. The van der Waals surface area contributed by atoms with E-state index in [0.717, 1.165) is 55.1 Å². The molecule has 194 valence electrons. The van der Waals surface area contributed by atoms with Gasteiger partial charge in [0, 0.05) is 51.8 Å². The van der Waals surface area contributed by atoms with Crippen LogP contribution >= 0.6 is 0 Å². The van der Waals surface area contributed by atoms with Gasteiger partial charge in [0.25, 0.3) is 0 Å². The Kier molecular flexibility index (Phi) is 8.03. The number of benzene rings is 1. The second-order valence-electron chi connectivity index (χ2n) is 10.3. The number of fused-ring (bicyclic) bond motifs is 1. The van der Waals surface area contributed by atoms with E-state index in [1.165, 1.54) is 11.1 Å². The monoisotopic (exact) mass is 499 g/mol. The van der Waals surface area contributed by atoms with Crippen molar-refractivity contribution in [3.63, 3.8) is 0 Å². The average molecular weight is 500 g/mol. The van der Waals surface area contributed by atoms with E-state index in [9.17, 15) is 9.59 Å². The molecule has 0 N–H and O–H groups in total. The Morgan fingerprint density at radius 3 is 2.32 bits per heavy atom. The van der Waals surface area contributed by atoms with Gasteiger partial charge in [-0.05, 0) is 81.5 Å². The van der Waals surface area contributed by atoms with Gasteiger partial charge in [0.2, 0.25) is 11.8 Å². The fourth-order valence-corrected chi connectivity index (χ4v) is 4.89. The van der Waals surface area contributed by atoms with Crippen LogP contribution in [0.4, 0.5) is 11.4 Å². The smallest absolute Gasteiger partial charge is 0.242 e. The number of pyridine rings is 2. The molecule has 37 heavy (non-hydrogen) atoms. The number of rotatable bonds is 9. The molecule has 3 aromatic rings. The Balaban J connectivity index is 1.56. The molecular formula is C30H37N5O2. The van der Waals surface area contributed by atoms with Crippen LogP contribution in [0.1, 0.15) is 43.2 Å². The molecule has 0 saturated heterocycles. The molecule has 7 nitrogen and oxygen atoms in total. The number of aryl methyl sites for hydroxylation is 1. The number of carbonyl (C=O) groups is 2. The second-order valence-corrected chi connectivity index (χ2v) is 10.3. The Morgan fingerprint density at radius 2 is 1.65 bits per heavy atom. The van der Waals surface area contributed by atoms with E-state index < -0.39 is 5.41 Å². The van der Waals surface area contributed by atoms with Gasteiger partial charge < -0.3 is 9.80 Å². The van der Waals surface area contributed by atoms with E-state index in [1.807, 2.05) is 37.5 Å². The third-order valence-corrected chi connectivity index (χ3v) is 7.27. The van der Waals surface area contributed by atoms with E-state index in [0.29, 0.717) is 6.54 Å². The predicted octanol–water partition coefficient (Wildman–Crippen LogP) is 4.43. The maximum atomic E-state index is 13.2. The van der Waals surface area contributed by atoms with Crippen LogP contribution in [0, 0.1) is 12.3 Å². The third kappa shape index (κ3) is 5.72. The Bertz CT molecular complexity index is 1260. The van der Waals surface area contributed by atoms with Gasteiger partial charge in [0.05, 0.1) is 17.1 Å². The molecular weight excluding hydrogens is 462 g/mol. The number of nitrogens with zero attached hydrogens (tertiary/aromatic N) is 5. The summed E-state index contributed by atoms with van der Waals surface area (Å²) in [4.78, 5) is 41.0. The van der Waals surface area contributed by atoms with Gasteiger partial charge in [0.15, 0.2) is 0 Å². The highest BCUT2D eigenvalue weighted by atomic mass is 16.2. The number of hydrogen-bond acceptors (Lipinski definition) is 5. The van der Waals surface area contributed by atoms with E-state index >= 15 is 0 Å². The first-order valence-corrected chi connectivity index (χ1v) is 13.0. The van der Waals surface area contributed by atoms with Crippen molar-refractivity contribution in [3.05, 3.63) is 83.4 Å². The molecule has 4 rings (SSSR count). The van der Waals surface area contributed by atoms with Crippen molar-refractivity contribution in [2.45, 2.75) is 47.1 Å². The van der Waals surface area contributed by atoms with Crippen molar-refractivity contribution >= 4 is 23.2 Å². The molecule has 0 bridgehead atoms. The SMILES string of the molecule is CCN1C(=O)C(C)(C)C(=O)N(C)c2cc(CCN(CCc3cccnc3)Cc3ncccc3C)ccc21. The molecule has 0 atom stereocenters. The number of carbonyl (C=O) groups excluding carboxylic acids is 2. The molecule has 2 amide bonds. The predicted molar refractivity (Wildman–Crippen MR) is 148 cm³/mol. The van der Waals surface area contributed by atoms with Gasteiger partial charge in [-0.25, -0.2) is 0 Å².